The molecule has 0 aliphatic carbocycles. The molecule has 0 amide bonds. The third-order valence-corrected chi connectivity index (χ3v) is 4.01. The van der Waals surface area contributed by atoms with E-state index in [0.717, 1.165) is 16.9 Å². The number of fused-ring (bicyclic) bond motifs is 1. The minimum atomic E-state index is -0.639. The van der Waals surface area contributed by atoms with Gasteiger partial charge in [0.25, 0.3) is 0 Å². The average molecular weight is 324 g/mol. The number of nitrogens with two attached hydrogens (primary N) is 1. The van der Waals surface area contributed by atoms with Crippen molar-refractivity contribution < 1.29 is 13.9 Å². The van der Waals surface area contributed by atoms with E-state index in [0.29, 0.717) is 11.5 Å². The van der Waals surface area contributed by atoms with Crippen LogP contribution in [0.3, 0.4) is 0 Å². The average Bonchev–Trinajstić information content (AvgIpc) is 2.53. The second-order valence-corrected chi connectivity index (χ2v) is 5.58. The molecule has 6 nitrogen and oxygen atoms in total. The predicted molar refractivity (Wildman–Crippen MR) is 86.7 cm³/mol. The van der Waals surface area contributed by atoms with Crippen LogP contribution in [0.4, 0.5) is 0 Å². The van der Waals surface area contributed by atoms with E-state index in [2.05, 4.69) is 6.07 Å². The smallest absolute Gasteiger partial charge is 0.343 e. The Kier molecular flexibility index (Phi) is 3.78. The molecule has 0 saturated carbocycles. The van der Waals surface area contributed by atoms with Gasteiger partial charge in [-0.2, -0.15) is 5.26 Å². The Morgan fingerprint density at radius 1 is 1.29 bits per heavy atom. The Morgan fingerprint density at radius 3 is 2.67 bits per heavy atom. The van der Waals surface area contributed by atoms with Gasteiger partial charge in [-0.3, -0.25) is 0 Å². The van der Waals surface area contributed by atoms with Crippen molar-refractivity contribution in [3.8, 4) is 17.6 Å². The molecule has 0 saturated heterocycles. The first-order valence-corrected chi connectivity index (χ1v) is 7.33. The topological polar surface area (TPSA) is 98.5 Å². The molecule has 0 spiro atoms. The molecule has 1 aliphatic heterocycles. The summed E-state index contributed by atoms with van der Waals surface area (Å²) in [6.07, 6.45) is 0. The molecule has 0 bridgehead atoms. The predicted octanol–water partition coefficient (Wildman–Crippen LogP) is 2.48. The van der Waals surface area contributed by atoms with Crippen molar-refractivity contribution in [3.05, 3.63) is 68.6 Å². The van der Waals surface area contributed by atoms with Gasteiger partial charge in [-0.05, 0) is 31.0 Å². The molecule has 0 unspecified atom stereocenters. The Hall–Kier alpha value is -3.20. The summed E-state index contributed by atoms with van der Waals surface area (Å²) in [4.78, 5) is 12.4. The van der Waals surface area contributed by atoms with Gasteiger partial charge in [0.2, 0.25) is 5.88 Å². The Labute approximate surface area is 138 Å². The van der Waals surface area contributed by atoms with Crippen LogP contribution >= 0.6 is 0 Å². The van der Waals surface area contributed by atoms with E-state index in [-0.39, 0.29) is 17.0 Å². The first kappa shape index (κ1) is 15.7. The van der Waals surface area contributed by atoms with Crippen LogP contribution < -0.4 is 20.8 Å². The second-order valence-electron chi connectivity index (χ2n) is 5.58. The zero-order chi connectivity index (χ0) is 17.4. The zero-order valence-corrected chi connectivity index (χ0v) is 13.5. The number of nitrogens with zero attached hydrogens (tertiary/aromatic N) is 1. The van der Waals surface area contributed by atoms with Crippen molar-refractivity contribution in [1.29, 1.82) is 5.26 Å². The fourth-order valence-corrected chi connectivity index (χ4v) is 2.93. The number of rotatable bonds is 2. The molecule has 0 radical (unpaired) electrons. The van der Waals surface area contributed by atoms with Gasteiger partial charge >= 0.3 is 5.63 Å². The quantitative estimate of drug-likeness (QED) is 0.911. The summed E-state index contributed by atoms with van der Waals surface area (Å²) in [7, 11) is 1.59. The third kappa shape index (κ3) is 2.40. The molecule has 2 aromatic rings. The monoisotopic (exact) mass is 324 g/mol. The zero-order valence-electron chi connectivity index (χ0n) is 13.5. The number of hydrogen-bond acceptors (Lipinski definition) is 6. The van der Waals surface area contributed by atoms with Crippen LogP contribution in [-0.2, 0) is 0 Å². The van der Waals surface area contributed by atoms with E-state index < -0.39 is 11.5 Å². The summed E-state index contributed by atoms with van der Waals surface area (Å²) in [6, 6.07) is 9.11. The van der Waals surface area contributed by atoms with E-state index >= 15 is 0 Å². The van der Waals surface area contributed by atoms with Gasteiger partial charge in [-0.15, -0.1) is 0 Å². The Morgan fingerprint density at radius 2 is 2.04 bits per heavy atom. The number of ether oxygens (including phenoxy) is 2. The molecule has 24 heavy (non-hydrogen) atoms. The van der Waals surface area contributed by atoms with E-state index in [9.17, 15) is 10.1 Å². The van der Waals surface area contributed by atoms with Crippen LogP contribution in [0.2, 0.25) is 0 Å². The molecule has 1 aromatic heterocycles. The first-order valence-electron chi connectivity index (χ1n) is 7.33. The van der Waals surface area contributed by atoms with Crippen LogP contribution in [0, 0.1) is 25.2 Å². The molecule has 2 heterocycles. The van der Waals surface area contributed by atoms with Crippen molar-refractivity contribution in [2.24, 2.45) is 5.73 Å². The fourth-order valence-electron chi connectivity index (χ4n) is 2.93. The SMILES string of the molecule is COc1ccc([C@H]2C(C#N)=C(N)Oc3cc(C)oc(=O)c32)cc1C. The van der Waals surface area contributed by atoms with E-state index in [1.165, 1.54) is 0 Å². The van der Waals surface area contributed by atoms with Crippen LogP contribution in [0.5, 0.6) is 11.5 Å². The summed E-state index contributed by atoms with van der Waals surface area (Å²) >= 11 is 0. The van der Waals surface area contributed by atoms with Crippen molar-refractivity contribution in [2.45, 2.75) is 19.8 Å². The molecule has 0 fully saturated rings. The van der Waals surface area contributed by atoms with Crippen LogP contribution in [0.25, 0.3) is 0 Å². The standard InChI is InChI=1S/C18H16N2O4/c1-9-6-11(4-5-13(9)22-3)15-12(8-19)17(20)24-14-7-10(2)23-18(21)16(14)15/h4-7,15H,20H2,1-3H3/t15-/m0/s1. The largest absolute Gasteiger partial charge is 0.496 e. The van der Waals surface area contributed by atoms with E-state index in [1.54, 1.807) is 32.2 Å². The van der Waals surface area contributed by atoms with Crippen molar-refractivity contribution >= 4 is 0 Å². The van der Waals surface area contributed by atoms with Gasteiger partial charge in [0, 0.05) is 6.07 Å². The lowest BCUT2D eigenvalue weighted by Crippen LogP contribution is -2.26. The van der Waals surface area contributed by atoms with E-state index in [1.807, 2.05) is 13.0 Å². The van der Waals surface area contributed by atoms with Crippen molar-refractivity contribution in [2.75, 3.05) is 7.11 Å². The lowest BCUT2D eigenvalue weighted by molar-refractivity contribution is 0.371. The lowest BCUT2D eigenvalue weighted by Gasteiger charge is -2.25. The molecule has 3 rings (SSSR count). The molecule has 2 N–H and O–H groups in total. The molecule has 6 heteroatoms. The second kappa shape index (κ2) is 5.78. The number of allylic oxidation sites excluding steroid dienone is 1. The number of methoxy groups -OCH3 is 1. The normalized spacial score (nSPS) is 16.2. The van der Waals surface area contributed by atoms with Crippen molar-refractivity contribution in [3.63, 3.8) is 0 Å². The number of benzene rings is 1. The number of hydrogen-bond donors (Lipinski definition) is 1. The highest BCUT2D eigenvalue weighted by Gasteiger charge is 2.34. The van der Waals surface area contributed by atoms with Crippen molar-refractivity contribution in [1.82, 2.24) is 0 Å². The van der Waals surface area contributed by atoms with Gasteiger partial charge in [0.05, 0.1) is 18.6 Å². The lowest BCUT2D eigenvalue weighted by atomic mass is 9.84. The summed E-state index contributed by atoms with van der Waals surface area (Å²) in [5.74, 6) is 0.807. The maximum atomic E-state index is 12.4. The first-order chi connectivity index (χ1) is 11.5. The highest BCUT2D eigenvalue weighted by Crippen LogP contribution is 2.41. The summed E-state index contributed by atoms with van der Waals surface area (Å²) in [5, 5.41) is 9.51. The summed E-state index contributed by atoms with van der Waals surface area (Å²) < 4.78 is 15.9. The molecule has 122 valence electrons. The summed E-state index contributed by atoms with van der Waals surface area (Å²) in [5.41, 5.74) is 7.45. The molecular formula is C18H16N2O4. The number of aryl methyl sites for hydroxylation is 2. The Balaban J connectivity index is 2.28. The third-order valence-electron chi connectivity index (χ3n) is 4.01. The molecular weight excluding hydrogens is 308 g/mol. The highest BCUT2D eigenvalue weighted by molar-refractivity contribution is 5.55. The minimum absolute atomic E-state index is 0.00605. The van der Waals surface area contributed by atoms with Crippen LogP contribution in [-0.4, -0.2) is 7.11 Å². The van der Waals surface area contributed by atoms with E-state index in [4.69, 9.17) is 19.6 Å². The maximum Gasteiger partial charge on any atom is 0.343 e. The fraction of sp³-hybridized carbons (Fsp3) is 0.222. The summed E-state index contributed by atoms with van der Waals surface area (Å²) in [6.45, 7) is 3.54. The minimum Gasteiger partial charge on any atom is -0.496 e. The van der Waals surface area contributed by atoms with Gasteiger partial charge in [-0.25, -0.2) is 4.79 Å². The molecule has 1 aliphatic rings. The van der Waals surface area contributed by atoms with Gasteiger partial charge in [0.1, 0.15) is 28.9 Å². The molecule has 1 atom stereocenters. The molecule has 1 aromatic carbocycles. The van der Waals surface area contributed by atoms with Gasteiger partial charge < -0.3 is 19.6 Å². The van der Waals surface area contributed by atoms with Gasteiger partial charge in [-0.1, -0.05) is 12.1 Å². The highest BCUT2D eigenvalue weighted by atomic mass is 16.5. The number of nitriles is 1. The van der Waals surface area contributed by atoms with Crippen LogP contribution in [0.1, 0.15) is 28.4 Å². The van der Waals surface area contributed by atoms with Crippen LogP contribution in [0.15, 0.2) is 44.9 Å². The Bertz CT molecular complexity index is 950. The maximum absolute atomic E-state index is 12.4. The van der Waals surface area contributed by atoms with Gasteiger partial charge in [0.15, 0.2) is 0 Å².